The Hall–Kier alpha value is -2.44. The van der Waals surface area contributed by atoms with Crippen LogP contribution in [-0.2, 0) is 11.2 Å². The van der Waals surface area contributed by atoms with E-state index >= 15 is 0 Å². The summed E-state index contributed by atoms with van der Waals surface area (Å²) in [4.78, 5) is 16.0. The van der Waals surface area contributed by atoms with Crippen LogP contribution in [0.1, 0.15) is 43.1 Å². The number of nitrogens with one attached hydrogen (secondary N) is 1. The highest BCUT2D eigenvalue weighted by atomic mass is 19.1. The van der Waals surface area contributed by atoms with E-state index in [2.05, 4.69) is 15.5 Å². The largest absolute Gasteiger partial charge is 0.494 e. The molecule has 0 unspecified atom stereocenters. The average molecular weight is 321 g/mol. The van der Waals surface area contributed by atoms with Gasteiger partial charge < -0.3 is 14.6 Å². The lowest BCUT2D eigenvalue weighted by molar-refractivity contribution is -0.121. The predicted octanol–water partition coefficient (Wildman–Crippen LogP) is 2.73. The molecule has 0 saturated heterocycles. The van der Waals surface area contributed by atoms with Gasteiger partial charge in [-0.1, -0.05) is 11.2 Å². The minimum Gasteiger partial charge on any atom is -0.494 e. The Balaban J connectivity index is 1.81. The lowest BCUT2D eigenvalue weighted by Gasteiger charge is -2.15. The fourth-order valence-corrected chi connectivity index (χ4v) is 2.19. The monoisotopic (exact) mass is 321 g/mol. The molecule has 1 N–H and O–H groups in total. The number of methoxy groups -OCH3 is 1. The van der Waals surface area contributed by atoms with Crippen LogP contribution in [0, 0.1) is 12.7 Å². The van der Waals surface area contributed by atoms with Gasteiger partial charge in [0.1, 0.15) is 0 Å². The van der Waals surface area contributed by atoms with Gasteiger partial charge in [0, 0.05) is 12.8 Å². The van der Waals surface area contributed by atoms with Crippen LogP contribution in [0.5, 0.6) is 5.75 Å². The quantitative estimate of drug-likeness (QED) is 0.848. The molecule has 0 spiro atoms. The second-order valence-corrected chi connectivity index (χ2v) is 5.27. The van der Waals surface area contributed by atoms with Crippen LogP contribution in [0.3, 0.4) is 0 Å². The van der Waals surface area contributed by atoms with Gasteiger partial charge in [0.05, 0.1) is 13.2 Å². The van der Waals surface area contributed by atoms with Crippen molar-refractivity contribution >= 4 is 5.91 Å². The summed E-state index contributed by atoms with van der Waals surface area (Å²) in [5.74, 6) is 0.741. The second kappa shape index (κ2) is 7.71. The molecule has 0 aliphatic heterocycles. The number of hydrogen-bond acceptors (Lipinski definition) is 5. The van der Waals surface area contributed by atoms with Gasteiger partial charge in [-0.2, -0.15) is 4.98 Å². The number of amides is 1. The number of carbonyl (C=O) groups excluding carboxylic acids is 1. The molecule has 6 nitrogen and oxygen atoms in total. The van der Waals surface area contributed by atoms with Crippen LogP contribution in [0.4, 0.5) is 4.39 Å². The fraction of sp³-hybridized carbons (Fsp3) is 0.438. The number of rotatable bonds is 7. The molecule has 0 fully saturated rings. The summed E-state index contributed by atoms with van der Waals surface area (Å²) in [6.45, 7) is 3.55. The van der Waals surface area contributed by atoms with E-state index in [0.29, 0.717) is 36.5 Å². The normalized spacial score (nSPS) is 12.0. The molecule has 2 aromatic rings. The minimum atomic E-state index is -0.446. The summed E-state index contributed by atoms with van der Waals surface area (Å²) in [5, 5.41) is 6.53. The van der Waals surface area contributed by atoms with Gasteiger partial charge in [-0.15, -0.1) is 0 Å². The summed E-state index contributed by atoms with van der Waals surface area (Å²) >= 11 is 0. The Morgan fingerprint density at radius 2 is 2.26 bits per heavy atom. The molecular formula is C16H20FN3O3. The maximum atomic E-state index is 13.7. The van der Waals surface area contributed by atoms with E-state index in [9.17, 15) is 9.18 Å². The zero-order valence-corrected chi connectivity index (χ0v) is 13.4. The van der Waals surface area contributed by atoms with E-state index in [0.717, 1.165) is 0 Å². The number of ether oxygens (including phenoxy) is 1. The van der Waals surface area contributed by atoms with E-state index in [1.54, 1.807) is 26.0 Å². The van der Waals surface area contributed by atoms with Crippen LogP contribution in [0.2, 0.25) is 0 Å². The van der Waals surface area contributed by atoms with Crippen LogP contribution in [0.15, 0.2) is 22.7 Å². The molecule has 0 radical (unpaired) electrons. The summed E-state index contributed by atoms with van der Waals surface area (Å²) in [5.41, 5.74) is 0.684. The smallest absolute Gasteiger partial charge is 0.226 e. The summed E-state index contributed by atoms with van der Waals surface area (Å²) in [6.07, 6.45) is 1.50. The molecule has 0 aliphatic rings. The van der Waals surface area contributed by atoms with Crippen molar-refractivity contribution in [2.45, 2.75) is 39.2 Å². The van der Waals surface area contributed by atoms with Gasteiger partial charge in [-0.05, 0) is 38.0 Å². The van der Waals surface area contributed by atoms with Crippen molar-refractivity contribution in [1.29, 1.82) is 0 Å². The number of carbonyl (C=O) groups is 1. The third-order valence-corrected chi connectivity index (χ3v) is 3.42. The van der Waals surface area contributed by atoms with Gasteiger partial charge >= 0.3 is 0 Å². The number of halogens is 1. The number of nitrogens with zero attached hydrogens (tertiary/aromatic N) is 2. The highest BCUT2D eigenvalue weighted by Crippen LogP contribution is 2.21. The Bertz CT molecular complexity index is 672. The van der Waals surface area contributed by atoms with Crippen molar-refractivity contribution in [3.05, 3.63) is 41.3 Å². The van der Waals surface area contributed by atoms with Gasteiger partial charge in [-0.3, -0.25) is 4.79 Å². The molecule has 1 aromatic carbocycles. The van der Waals surface area contributed by atoms with E-state index in [-0.39, 0.29) is 17.7 Å². The van der Waals surface area contributed by atoms with Gasteiger partial charge in [0.2, 0.25) is 11.8 Å². The lowest BCUT2D eigenvalue weighted by Crippen LogP contribution is -2.26. The third-order valence-electron chi connectivity index (χ3n) is 3.42. The fourth-order valence-electron chi connectivity index (χ4n) is 2.19. The Morgan fingerprint density at radius 3 is 2.87 bits per heavy atom. The van der Waals surface area contributed by atoms with Crippen molar-refractivity contribution in [2.24, 2.45) is 0 Å². The van der Waals surface area contributed by atoms with Crippen molar-refractivity contribution < 1.29 is 18.4 Å². The average Bonchev–Trinajstić information content (AvgIpc) is 2.92. The van der Waals surface area contributed by atoms with E-state index in [1.807, 2.05) is 0 Å². The molecule has 1 heterocycles. The number of aryl methyl sites for hydroxylation is 2. The summed E-state index contributed by atoms with van der Waals surface area (Å²) in [7, 11) is 1.41. The summed E-state index contributed by atoms with van der Waals surface area (Å²) in [6, 6.07) is 4.36. The molecule has 7 heteroatoms. The Labute approximate surface area is 134 Å². The second-order valence-electron chi connectivity index (χ2n) is 5.27. The van der Waals surface area contributed by atoms with E-state index in [1.165, 1.54) is 13.2 Å². The molecule has 1 aromatic heterocycles. The first-order chi connectivity index (χ1) is 11.0. The van der Waals surface area contributed by atoms with Gasteiger partial charge in [-0.25, -0.2) is 4.39 Å². The van der Waals surface area contributed by atoms with Crippen molar-refractivity contribution in [2.75, 3.05) is 7.11 Å². The topological polar surface area (TPSA) is 77.2 Å². The first-order valence-electron chi connectivity index (χ1n) is 7.41. The molecule has 2 rings (SSSR count). The van der Waals surface area contributed by atoms with Crippen molar-refractivity contribution in [1.82, 2.24) is 15.5 Å². The zero-order valence-electron chi connectivity index (χ0n) is 13.4. The summed E-state index contributed by atoms with van der Waals surface area (Å²) < 4.78 is 23.5. The first kappa shape index (κ1) is 16.9. The number of hydrogen-bond donors (Lipinski definition) is 1. The lowest BCUT2D eigenvalue weighted by atomic mass is 10.1. The van der Waals surface area contributed by atoms with Crippen molar-refractivity contribution in [3.63, 3.8) is 0 Å². The molecular weight excluding hydrogens is 301 g/mol. The van der Waals surface area contributed by atoms with Crippen LogP contribution < -0.4 is 10.1 Å². The molecule has 0 saturated carbocycles. The maximum Gasteiger partial charge on any atom is 0.226 e. The predicted molar refractivity (Wildman–Crippen MR) is 81.5 cm³/mol. The Kier molecular flexibility index (Phi) is 5.67. The SMILES string of the molecule is COc1ccc([C@H](C)NC(=O)CCCc2nc(C)no2)cc1F. The van der Waals surface area contributed by atoms with Crippen LogP contribution in [0.25, 0.3) is 0 Å². The third kappa shape index (κ3) is 4.77. The highest BCUT2D eigenvalue weighted by molar-refractivity contribution is 5.76. The first-order valence-corrected chi connectivity index (χ1v) is 7.41. The number of benzene rings is 1. The van der Waals surface area contributed by atoms with E-state index in [4.69, 9.17) is 9.26 Å². The Morgan fingerprint density at radius 1 is 1.48 bits per heavy atom. The molecule has 1 atom stereocenters. The standard InChI is InChI=1S/C16H20FN3O3/c1-10(12-7-8-14(22-3)13(17)9-12)18-15(21)5-4-6-16-19-11(2)20-23-16/h7-10H,4-6H2,1-3H3,(H,18,21)/t10-/m0/s1. The van der Waals surface area contributed by atoms with Gasteiger partial charge in [0.25, 0.3) is 0 Å². The minimum absolute atomic E-state index is 0.107. The molecule has 124 valence electrons. The number of aromatic nitrogens is 2. The maximum absolute atomic E-state index is 13.7. The van der Waals surface area contributed by atoms with Gasteiger partial charge in [0.15, 0.2) is 17.4 Å². The molecule has 0 bridgehead atoms. The zero-order chi connectivity index (χ0) is 16.8. The molecule has 23 heavy (non-hydrogen) atoms. The van der Waals surface area contributed by atoms with Crippen LogP contribution in [-0.4, -0.2) is 23.2 Å². The van der Waals surface area contributed by atoms with Crippen molar-refractivity contribution in [3.8, 4) is 5.75 Å². The van der Waals surface area contributed by atoms with Crippen LogP contribution >= 0.6 is 0 Å². The molecule has 0 aliphatic carbocycles. The van der Waals surface area contributed by atoms with E-state index < -0.39 is 5.82 Å². The highest BCUT2D eigenvalue weighted by Gasteiger charge is 2.13. The molecule has 1 amide bonds.